The van der Waals surface area contributed by atoms with Crippen LogP contribution in [0, 0.1) is 5.92 Å². The lowest BCUT2D eigenvalue weighted by Gasteiger charge is -2.16. The van der Waals surface area contributed by atoms with Crippen molar-refractivity contribution >= 4 is 0 Å². The maximum Gasteiger partial charge on any atom is 0.0716 e. The summed E-state index contributed by atoms with van der Waals surface area (Å²) in [4.78, 5) is 2.57. The Morgan fingerprint density at radius 3 is 2.32 bits per heavy atom. The molecule has 0 amide bonds. The Labute approximate surface area is 133 Å². The van der Waals surface area contributed by atoms with E-state index in [2.05, 4.69) is 59.5 Å². The largest absolute Gasteiger partial charge is 0.377 e. The number of benzene rings is 2. The molecular weight excluding hydrogens is 270 g/mol. The molecule has 0 unspecified atom stereocenters. The van der Waals surface area contributed by atoms with Crippen molar-refractivity contribution in [1.82, 2.24) is 4.90 Å². The third-order valence-corrected chi connectivity index (χ3v) is 4.40. The van der Waals surface area contributed by atoms with Crippen LogP contribution in [0.3, 0.4) is 0 Å². The molecule has 0 N–H and O–H groups in total. The van der Waals surface area contributed by atoms with E-state index in [-0.39, 0.29) is 0 Å². The topological polar surface area (TPSA) is 12.5 Å². The predicted octanol–water partition coefficient (Wildman–Crippen LogP) is 4.12. The van der Waals surface area contributed by atoms with Crippen LogP contribution >= 0.6 is 0 Å². The van der Waals surface area contributed by atoms with E-state index in [4.69, 9.17) is 4.74 Å². The summed E-state index contributed by atoms with van der Waals surface area (Å²) in [6.07, 6.45) is 2.49. The van der Waals surface area contributed by atoms with Gasteiger partial charge in [0.05, 0.1) is 6.61 Å². The molecule has 1 aliphatic rings. The Kier molecular flexibility index (Phi) is 5.63. The van der Waals surface area contributed by atoms with Crippen LogP contribution < -0.4 is 0 Å². The van der Waals surface area contributed by atoms with Crippen LogP contribution in [-0.2, 0) is 17.9 Å². The molecular formula is C20H25NO. The quantitative estimate of drug-likeness (QED) is 0.713. The predicted molar refractivity (Wildman–Crippen MR) is 90.5 cm³/mol. The maximum absolute atomic E-state index is 5.82. The molecule has 1 saturated heterocycles. The Morgan fingerprint density at radius 1 is 0.909 bits per heavy atom. The van der Waals surface area contributed by atoms with E-state index in [1.165, 1.54) is 37.1 Å². The van der Waals surface area contributed by atoms with Crippen LogP contribution in [0.2, 0.25) is 0 Å². The number of likely N-dealkylation sites (tertiary alicyclic amines) is 1. The van der Waals surface area contributed by atoms with E-state index in [1.54, 1.807) is 0 Å². The Hall–Kier alpha value is -1.64. The van der Waals surface area contributed by atoms with E-state index >= 15 is 0 Å². The first-order valence-corrected chi connectivity index (χ1v) is 8.28. The average Bonchev–Trinajstić information content (AvgIpc) is 3.01. The minimum Gasteiger partial charge on any atom is -0.377 e. The minimum absolute atomic E-state index is 0.737. The Morgan fingerprint density at radius 2 is 1.59 bits per heavy atom. The van der Waals surface area contributed by atoms with E-state index in [0.29, 0.717) is 0 Å². The zero-order valence-corrected chi connectivity index (χ0v) is 13.2. The van der Waals surface area contributed by atoms with Crippen molar-refractivity contribution in [1.29, 1.82) is 0 Å². The molecule has 0 radical (unpaired) electrons. The third kappa shape index (κ3) is 4.69. The highest BCUT2D eigenvalue weighted by Crippen LogP contribution is 2.21. The van der Waals surface area contributed by atoms with Crippen LogP contribution in [0.25, 0.3) is 0 Å². The van der Waals surface area contributed by atoms with Gasteiger partial charge in [0.1, 0.15) is 0 Å². The second kappa shape index (κ2) is 8.11. The lowest BCUT2D eigenvalue weighted by molar-refractivity contribution is 0.107. The summed E-state index contributed by atoms with van der Waals surface area (Å²) >= 11 is 0. The van der Waals surface area contributed by atoms with E-state index in [1.807, 2.05) is 6.07 Å². The van der Waals surface area contributed by atoms with Crippen molar-refractivity contribution in [3.05, 3.63) is 71.8 Å². The van der Waals surface area contributed by atoms with Gasteiger partial charge < -0.3 is 4.74 Å². The van der Waals surface area contributed by atoms with E-state index in [0.717, 1.165) is 25.7 Å². The average molecular weight is 295 g/mol. The third-order valence-electron chi connectivity index (χ3n) is 4.40. The van der Waals surface area contributed by atoms with Crippen molar-refractivity contribution in [3.8, 4) is 0 Å². The summed E-state index contributed by atoms with van der Waals surface area (Å²) in [5, 5.41) is 0. The highest BCUT2D eigenvalue weighted by molar-refractivity contribution is 5.15. The molecule has 0 bridgehead atoms. The SMILES string of the molecule is c1ccc(COCC[C@@H]2CCN(Cc3ccccc3)C2)cc1. The first-order chi connectivity index (χ1) is 10.9. The first-order valence-electron chi connectivity index (χ1n) is 8.28. The van der Waals surface area contributed by atoms with Crippen LogP contribution in [0.4, 0.5) is 0 Å². The van der Waals surface area contributed by atoms with E-state index in [9.17, 15) is 0 Å². The van der Waals surface area contributed by atoms with Gasteiger partial charge in [-0.2, -0.15) is 0 Å². The van der Waals surface area contributed by atoms with Crippen LogP contribution in [0.5, 0.6) is 0 Å². The number of hydrogen-bond donors (Lipinski definition) is 0. The fourth-order valence-electron chi connectivity index (χ4n) is 3.15. The van der Waals surface area contributed by atoms with Gasteiger partial charge in [-0.25, -0.2) is 0 Å². The van der Waals surface area contributed by atoms with Gasteiger partial charge in [0.15, 0.2) is 0 Å². The van der Waals surface area contributed by atoms with Gasteiger partial charge in [0.25, 0.3) is 0 Å². The molecule has 1 heterocycles. The van der Waals surface area contributed by atoms with Gasteiger partial charge in [-0.15, -0.1) is 0 Å². The zero-order valence-electron chi connectivity index (χ0n) is 13.2. The molecule has 116 valence electrons. The molecule has 0 aromatic heterocycles. The minimum atomic E-state index is 0.737. The van der Waals surface area contributed by atoms with Crippen LogP contribution in [0.1, 0.15) is 24.0 Å². The molecule has 2 nitrogen and oxygen atoms in total. The molecule has 1 aliphatic heterocycles. The van der Waals surface area contributed by atoms with Gasteiger partial charge in [0.2, 0.25) is 0 Å². The molecule has 22 heavy (non-hydrogen) atoms. The van der Waals surface area contributed by atoms with Gasteiger partial charge in [-0.1, -0.05) is 60.7 Å². The molecule has 0 saturated carbocycles. The second-order valence-corrected chi connectivity index (χ2v) is 6.20. The Balaban J connectivity index is 1.33. The molecule has 2 aromatic rings. The fraction of sp³-hybridized carbons (Fsp3) is 0.400. The summed E-state index contributed by atoms with van der Waals surface area (Å²) in [7, 11) is 0. The molecule has 3 rings (SSSR count). The number of ether oxygens (including phenoxy) is 1. The summed E-state index contributed by atoms with van der Waals surface area (Å²) in [6.45, 7) is 5.13. The molecule has 2 heteroatoms. The number of rotatable bonds is 7. The maximum atomic E-state index is 5.82. The summed E-state index contributed by atoms with van der Waals surface area (Å²) in [5.74, 6) is 0.791. The lowest BCUT2D eigenvalue weighted by atomic mass is 10.1. The number of hydrogen-bond acceptors (Lipinski definition) is 2. The highest BCUT2D eigenvalue weighted by atomic mass is 16.5. The van der Waals surface area contributed by atoms with Crippen molar-refractivity contribution in [2.24, 2.45) is 5.92 Å². The highest BCUT2D eigenvalue weighted by Gasteiger charge is 2.21. The second-order valence-electron chi connectivity index (χ2n) is 6.20. The normalized spacial score (nSPS) is 18.6. The van der Waals surface area contributed by atoms with Crippen molar-refractivity contribution in [2.75, 3.05) is 19.7 Å². The van der Waals surface area contributed by atoms with Gasteiger partial charge in [-0.05, 0) is 36.4 Å². The monoisotopic (exact) mass is 295 g/mol. The molecule has 1 fully saturated rings. The number of nitrogens with zero attached hydrogens (tertiary/aromatic N) is 1. The first kappa shape index (κ1) is 15.3. The van der Waals surface area contributed by atoms with Gasteiger partial charge in [0, 0.05) is 19.7 Å². The molecule has 2 aromatic carbocycles. The lowest BCUT2D eigenvalue weighted by Crippen LogP contribution is -2.20. The standard InChI is InChI=1S/C20H25NO/c1-3-7-18(8-4-1)15-21-13-11-19(16-21)12-14-22-17-20-9-5-2-6-10-20/h1-10,19H,11-17H2/t19-/m0/s1. The smallest absolute Gasteiger partial charge is 0.0716 e. The zero-order chi connectivity index (χ0) is 15.0. The molecule has 0 spiro atoms. The van der Waals surface area contributed by atoms with E-state index < -0.39 is 0 Å². The summed E-state index contributed by atoms with van der Waals surface area (Å²) < 4.78 is 5.82. The fourth-order valence-corrected chi connectivity index (χ4v) is 3.15. The van der Waals surface area contributed by atoms with Crippen LogP contribution in [-0.4, -0.2) is 24.6 Å². The summed E-state index contributed by atoms with van der Waals surface area (Å²) in [6, 6.07) is 21.2. The molecule has 0 aliphatic carbocycles. The van der Waals surface area contributed by atoms with Crippen molar-refractivity contribution in [3.63, 3.8) is 0 Å². The molecule has 1 atom stereocenters. The van der Waals surface area contributed by atoms with Crippen LogP contribution in [0.15, 0.2) is 60.7 Å². The van der Waals surface area contributed by atoms with Gasteiger partial charge in [-0.3, -0.25) is 4.90 Å². The van der Waals surface area contributed by atoms with Crippen molar-refractivity contribution in [2.45, 2.75) is 26.0 Å². The van der Waals surface area contributed by atoms with Gasteiger partial charge >= 0.3 is 0 Å². The summed E-state index contributed by atoms with van der Waals surface area (Å²) in [5.41, 5.74) is 2.68. The van der Waals surface area contributed by atoms with Crippen molar-refractivity contribution < 1.29 is 4.74 Å². The Bertz CT molecular complexity index is 540.